The third-order valence-electron chi connectivity index (χ3n) is 6.45. The largest absolute Gasteiger partial charge is 0.394 e. The van der Waals surface area contributed by atoms with Gasteiger partial charge < -0.3 is 79.5 Å². The normalized spacial score (nSPS) is 49.1. The summed E-state index contributed by atoms with van der Waals surface area (Å²) in [7, 11) is 0. The number of hydrogen-bond acceptors (Lipinski definition) is 16. The zero-order valence-corrected chi connectivity index (χ0v) is 19.7. The topological polar surface area (TPSA) is 258 Å². The monoisotopic (exact) mass is 544 g/mol. The van der Waals surface area contributed by atoms with E-state index in [1.807, 2.05) is 0 Å². The van der Waals surface area contributed by atoms with Crippen LogP contribution in [0.2, 0.25) is 0 Å². The summed E-state index contributed by atoms with van der Waals surface area (Å²) in [6.45, 7) is 1.20. The van der Waals surface area contributed by atoms with Gasteiger partial charge in [0.2, 0.25) is 0 Å². The van der Waals surface area contributed by atoms with Crippen LogP contribution in [0.15, 0.2) is 12.7 Å². The molecule has 6 unspecified atom stereocenters. The second-order valence-electron chi connectivity index (χ2n) is 8.93. The second kappa shape index (κ2) is 13.4. The number of aliphatic hydroxyl groups is 10. The number of ether oxygens (including phenoxy) is 6. The molecule has 0 bridgehead atoms. The van der Waals surface area contributed by atoms with Crippen LogP contribution in [0, 0.1) is 0 Å². The first-order chi connectivity index (χ1) is 17.6. The number of hydrogen-bond donors (Lipinski definition) is 10. The van der Waals surface area contributed by atoms with E-state index in [0.29, 0.717) is 0 Å². The van der Waals surface area contributed by atoms with Crippen LogP contribution in [-0.4, -0.2) is 170 Å². The maximum absolute atomic E-state index is 10.7. The first-order valence-electron chi connectivity index (χ1n) is 11.7. The minimum absolute atomic E-state index is 0.0250. The second-order valence-corrected chi connectivity index (χ2v) is 8.93. The Kier molecular flexibility index (Phi) is 11.1. The minimum Gasteiger partial charge on any atom is -0.394 e. The van der Waals surface area contributed by atoms with Gasteiger partial charge in [-0.25, -0.2) is 0 Å². The Morgan fingerprint density at radius 1 is 0.541 bits per heavy atom. The highest BCUT2D eigenvalue weighted by Crippen LogP contribution is 2.32. The van der Waals surface area contributed by atoms with Crippen molar-refractivity contribution in [1.29, 1.82) is 0 Å². The zero-order valence-electron chi connectivity index (χ0n) is 19.7. The predicted molar refractivity (Wildman–Crippen MR) is 115 cm³/mol. The van der Waals surface area contributed by atoms with E-state index in [2.05, 4.69) is 6.58 Å². The minimum atomic E-state index is -1.89. The van der Waals surface area contributed by atoms with Crippen LogP contribution in [0.1, 0.15) is 0 Å². The molecule has 3 aliphatic rings. The van der Waals surface area contributed by atoms with Gasteiger partial charge in [0, 0.05) is 0 Å². The lowest BCUT2D eigenvalue weighted by Gasteiger charge is -2.48. The van der Waals surface area contributed by atoms with Gasteiger partial charge in [0.05, 0.1) is 26.4 Å². The van der Waals surface area contributed by atoms with E-state index in [9.17, 15) is 51.1 Å². The van der Waals surface area contributed by atoms with Crippen LogP contribution in [0.3, 0.4) is 0 Å². The van der Waals surface area contributed by atoms with E-state index < -0.39 is 112 Å². The predicted octanol–water partition coefficient (Wildman–Crippen LogP) is -6.36. The van der Waals surface area contributed by atoms with E-state index in [1.54, 1.807) is 0 Å². The van der Waals surface area contributed by atoms with E-state index in [0.717, 1.165) is 0 Å². The van der Waals surface area contributed by atoms with Crippen molar-refractivity contribution in [3.8, 4) is 0 Å². The molecule has 15 atom stereocenters. The van der Waals surface area contributed by atoms with Gasteiger partial charge in [0.1, 0.15) is 73.2 Å². The van der Waals surface area contributed by atoms with Gasteiger partial charge in [-0.15, -0.1) is 6.58 Å². The molecule has 0 aromatic heterocycles. The Morgan fingerprint density at radius 3 is 1.41 bits per heavy atom. The molecule has 3 saturated heterocycles. The van der Waals surface area contributed by atoms with E-state index in [-0.39, 0.29) is 6.61 Å². The lowest BCUT2D eigenvalue weighted by atomic mass is 9.96. The Labute approximate surface area is 211 Å². The molecule has 0 aromatic rings. The highest BCUT2D eigenvalue weighted by molar-refractivity contribution is 4.96. The molecule has 3 heterocycles. The van der Waals surface area contributed by atoms with Crippen LogP contribution in [0.25, 0.3) is 0 Å². The van der Waals surface area contributed by atoms with Crippen molar-refractivity contribution in [2.24, 2.45) is 0 Å². The molecule has 3 fully saturated rings. The third-order valence-corrected chi connectivity index (χ3v) is 6.45. The maximum Gasteiger partial charge on any atom is 0.187 e. The summed E-state index contributed by atoms with van der Waals surface area (Å²) < 4.78 is 32.4. The SMILES string of the molecule is C=CCO[C@@H]1OC(CO)[C@H](O[C@@H]2OC(CO)[C@H](O[C@@H]3OC(CO)[C@H](O)[C@H](O)C3O)[C@H](O)C2O)[C@H](O)C1O. The highest BCUT2D eigenvalue weighted by Gasteiger charge is 2.53. The molecule has 0 aliphatic carbocycles. The quantitative estimate of drug-likeness (QED) is 0.115. The van der Waals surface area contributed by atoms with Gasteiger partial charge >= 0.3 is 0 Å². The number of aliphatic hydroxyl groups excluding tert-OH is 10. The molecule has 0 saturated carbocycles. The van der Waals surface area contributed by atoms with Crippen LogP contribution < -0.4 is 0 Å². The van der Waals surface area contributed by atoms with Gasteiger partial charge in [-0.3, -0.25) is 0 Å². The first-order valence-corrected chi connectivity index (χ1v) is 11.7. The van der Waals surface area contributed by atoms with Gasteiger partial charge in [-0.1, -0.05) is 6.08 Å². The van der Waals surface area contributed by atoms with Crippen LogP contribution in [0.5, 0.6) is 0 Å². The third kappa shape index (κ3) is 6.47. The molecule has 0 aromatic carbocycles. The van der Waals surface area contributed by atoms with Crippen LogP contribution in [0.4, 0.5) is 0 Å². The van der Waals surface area contributed by atoms with Gasteiger partial charge in [0.15, 0.2) is 18.9 Å². The molecule has 3 aliphatic heterocycles. The number of rotatable bonds is 10. The van der Waals surface area contributed by atoms with Gasteiger partial charge in [-0.05, 0) is 0 Å². The van der Waals surface area contributed by atoms with Crippen molar-refractivity contribution in [2.75, 3.05) is 26.4 Å². The Balaban J connectivity index is 1.70. The van der Waals surface area contributed by atoms with Gasteiger partial charge in [-0.2, -0.15) is 0 Å². The molecular weight excluding hydrogens is 508 g/mol. The van der Waals surface area contributed by atoms with E-state index >= 15 is 0 Å². The molecular formula is C21H36O16. The molecule has 37 heavy (non-hydrogen) atoms. The molecule has 16 heteroatoms. The summed E-state index contributed by atoms with van der Waals surface area (Å²) in [6, 6.07) is 0. The zero-order chi connectivity index (χ0) is 27.4. The molecule has 0 radical (unpaired) electrons. The first kappa shape index (κ1) is 30.6. The standard InChI is InChI=1S/C21H36O16/c1-2-3-32-19-15(30)12(27)17(8(5-23)34-19)37-21-16(31)13(28)18(9(6-24)35-21)36-20-14(29)11(26)10(25)7(4-22)33-20/h2,7-31H,1,3-6H2/t7?,8?,9?,10-,11-,12+,13+,14?,15?,16?,17-,18-,19+,20-,21-/m0/s1. The fraction of sp³-hybridized carbons (Fsp3) is 0.905. The fourth-order valence-corrected chi connectivity index (χ4v) is 4.34. The molecule has 216 valence electrons. The Morgan fingerprint density at radius 2 is 0.946 bits per heavy atom. The average Bonchev–Trinajstić information content (AvgIpc) is 2.90. The lowest BCUT2D eigenvalue weighted by molar-refractivity contribution is -0.379. The van der Waals surface area contributed by atoms with Crippen molar-refractivity contribution < 1.29 is 79.5 Å². The summed E-state index contributed by atoms with van der Waals surface area (Å²) in [5, 5.41) is 101. The molecule has 0 amide bonds. The van der Waals surface area contributed by atoms with Crippen molar-refractivity contribution in [3.05, 3.63) is 12.7 Å². The van der Waals surface area contributed by atoms with Crippen molar-refractivity contribution >= 4 is 0 Å². The average molecular weight is 545 g/mol. The maximum atomic E-state index is 10.7. The lowest BCUT2D eigenvalue weighted by Crippen LogP contribution is -2.66. The summed E-state index contributed by atoms with van der Waals surface area (Å²) in [6.07, 6.45) is -22.7. The molecule has 10 N–H and O–H groups in total. The van der Waals surface area contributed by atoms with Crippen LogP contribution in [-0.2, 0) is 28.4 Å². The summed E-state index contributed by atoms with van der Waals surface area (Å²) in [5.74, 6) is 0. The summed E-state index contributed by atoms with van der Waals surface area (Å²) in [5.41, 5.74) is 0. The van der Waals surface area contributed by atoms with Crippen molar-refractivity contribution in [2.45, 2.75) is 92.1 Å². The van der Waals surface area contributed by atoms with Crippen LogP contribution >= 0.6 is 0 Å². The van der Waals surface area contributed by atoms with Crippen molar-refractivity contribution in [1.82, 2.24) is 0 Å². The van der Waals surface area contributed by atoms with Gasteiger partial charge in [0.25, 0.3) is 0 Å². The Hall–Kier alpha value is -0.900. The highest BCUT2D eigenvalue weighted by atomic mass is 16.8. The summed E-state index contributed by atoms with van der Waals surface area (Å²) >= 11 is 0. The smallest absolute Gasteiger partial charge is 0.187 e. The van der Waals surface area contributed by atoms with E-state index in [1.165, 1.54) is 6.08 Å². The van der Waals surface area contributed by atoms with E-state index in [4.69, 9.17) is 28.4 Å². The molecule has 16 nitrogen and oxygen atoms in total. The van der Waals surface area contributed by atoms with Crippen molar-refractivity contribution in [3.63, 3.8) is 0 Å². The Bertz CT molecular complexity index is 708. The molecule has 3 rings (SSSR count). The summed E-state index contributed by atoms with van der Waals surface area (Å²) in [4.78, 5) is 0. The molecule has 0 spiro atoms. The fourth-order valence-electron chi connectivity index (χ4n) is 4.34.